The lowest BCUT2D eigenvalue weighted by atomic mass is 10.1. The predicted molar refractivity (Wildman–Crippen MR) is 50.7 cm³/mol. The number of nitrogens with one attached hydrogen (secondary N) is 2. The number of nitrogens with two attached hydrogens (primary N) is 1. The van der Waals surface area contributed by atoms with E-state index in [9.17, 15) is 4.79 Å². The summed E-state index contributed by atoms with van der Waals surface area (Å²) in [5, 5.41) is 2.61. The lowest BCUT2D eigenvalue weighted by Gasteiger charge is -2.06. The first-order valence-electron chi connectivity index (χ1n) is 4.03. The van der Waals surface area contributed by atoms with Gasteiger partial charge in [-0.15, -0.1) is 0 Å². The fourth-order valence-corrected chi connectivity index (χ4v) is 1.03. The van der Waals surface area contributed by atoms with Crippen LogP contribution in [0.3, 0.4) is 0 Å². The van der Waals surface area contributed by atoms with E-state index in [0.717, 1.165) is 11.1 Å². The molecule has 0 saturated heterocycles. The molecule has 4 heteroatoms. The number of hydrogen-bond acceptors (Lipinski definition) is 2. The Kier molecular flexibility index (Phi) is 3.28. The van der Waals surface area contributed by atoms with Gasteiger partial charge in [-0.2, -0.15) is 0 Å². The second-order valence-corrected chi connectivity index (χ2v) is 2.75. The molecule has 0 aliphatic heterocycles. The van der Waals surface area contributed by atoms with E-state index in [1.54, 1.807) is 0 Å². The predicted octanol–water partition coefficient (Wildman–Crippen LogP) is 0.668. The Hall–Kier alpha value is -1.55. The van der Waals surface area contributed by atoms with Gasteiger partial charge in [-0.25, -0.2) is 10.6 Å². The van der Waals surface area contributed by atoms with Crippen molar-refractivity contribution in [1.82, 2.24) is 10.7 Å². The Morgan fingerprint density at radius 2 is 2.15 bits per heavy atom. The number of carbonyl (C=O) groups excluding carboxylic acids is 1. The van der Waals surface area contributed by atoms with Crippen molar-refractivity contribution in [2.24, 2.45) is 5.84 Å². The van der Waals surface area contributed by atoms with Gasteiger partial charge in [0.05, 0.1) is 0 Å². The van der Waals surface area contributed by atoms with Crippen molar-refractivity contribution in [3.8, 4) is 0 Å². The molecule has 13 heavy (non-hydrogen) atoms. The number of amides is 2. The molecule has 1 aromatic rings. The van der Waals surface area contributed by atoms with Gasteiger partial charge in [-0.1, -0.05) is 24.3 Å². The molecule has 2 amide bonds. The third-order valence-electron chi connectivity index (χ3n) is 1.83. The van der Waals surface area contributed by atoms with Crippen LogP contribution in [0, 0.1) is 6.92 Å². The molecule has 70 valence electrons. The number of urea groups is 1. The SMILES string of the molecule is Cc1ccccc1CNC(=O)NN. The Morgan fingerprint density at radius 3 is 2.77 bits per heavy atom. The summed E-state index contributed by atoms with van der Waals surface area (Å²) in [6.45, 7) is 2.49. The molecule has 0 saturated carbocycles. The summed E-state index contributed by atoms with van der Waals surface area (Å²) in [6.07, 6.45) is 0. The van der Waals surface area contributed by atoms with E-state index in [1.807, 2.05) is 36.6 Å². The second-order valence-electron chi connectivity index (χ2n) is 2.75. The number of rotatable bonds is 2. The normalized spacial score (nSPS) is 9.38. The van der Waals surface area contributed by atoms with Crippen LogP contribution >= 0.6 is 0 Å². The quantitative estimate of drug-likeness (QED) is 0.355. The molecule has 0 unspecified atom stereocenters. The Labute approximate surface area is 77.1 Å². The van der Waals surface area contributed by atoms with Crippen LogP contribution < -0.4 is 16.6 Å². The zero-order chi connectivity index (χ0) is 9.68. The summed E-state index contributed by atoms with van der Waals surface area (Å²) >= 11 is 0. The van der Waals surface area contributed by atoms with Gasteiger partial charge in [-0.05, 0) is 18.1 Å². The van der Waals surface area contributed by atoms with Gasteiger partial charge in [0.15, 0.2) is 0 Å². The summed E-state index contributed by atoms with van der Waals surface area (Å²) in [5.41, 5.74) is 4.25. The molecule has 0 bridgehead atoms. The molecule has 0 spiro atoms. The fraction of sp³-hybridized carbons (Fsp3) is 0.222. The van der Waals surface area contributed by atoms with Crippen LogP contribution in [0.1, 0.15) is 11.1 Å². The van der Waals surface area contributed by atoms with Gasteiger partial charge in [0.25, 0.3) is 0 Å². The van der Waals surface area contributed by atoms with E-state index in [4.69, 9.17) is 5.84 Å². The van der Waals surface area contributed by atoms with E-state index in [2.05, 4.69) is 5.32 Å². The molecule has 0 heterocycles. The third-order valence-corrected chi connectivity index (χ3v) is 1.83. The van der Waals surface area contributed by atoms with Gasteiger partial charge in [0.2, 0.25) is 0 Å². The molecule has 1 aromatic carbocycles. The molecule has 4 nitrogen and oxygen atoms in total. The Balaban J connectivity index is 2.54. The number of hydrazine groups is 1. The van der Waals surface area contributed by atoms with Crippen molar-refractivity contribution in [2.75, 3.05) is 0 Å². The lowest BCUT2D eigenvalue weighted by molar-refractivity contribution is 0.241. The molecule has 0 fully saturated rings. The first-order chi connectivity index (χ1) is 6.24. The minimum Gasteiger partial charge on any atom is -0.333 e. The van der Waals surface area contributed by atoms with Gasteiger partial charge in [-0.3, -0.25) is 5.43 Å². The van der Waals surface area contributed by atoms with Crippen molar-refractivity contribution in [2.45, 2.75) is 13.5 Å². The van der Waals surface area contributed by atoms with Crippen molar-refractivity contribution in [1.29, 1.82) is 0 Å². The molecule has 0 aromatic heterocycles. The molecule has 0 aliphatic carbocycles. The standard InChI is InChI=1S/C9H13N3O/c1-7-4-2-3-5-8(7)6-11-9(13)12-10/h2-5H,6,10H2,1H3,(H2,11,12,13). The second kappa shape index (κ2) is 4.47. The Morgan fingerprint density at radius 1 is 1.46 bits per heavy atom. The van der Waals surface area contributed by atoms with Gasteiger partial charge in [0.1, 0.15) is 0 Å². The number of benzene rings is 1. The molecular formula is C9H13N3O. The molecule has 4 N–H and O–H groups in total. The topological polar surface area (TPSA) is 67.2 Å². The minimum atomic E-state index is -0.372. The summed E-state index contributed by atoms with van der Waals surface area (Å²) in [7, 11) is 0. The van der Waals surface area contributed by atoms with E-state index in [1.165, 1.54) is 0 Å². The minimum absolute atomic E-state index is 0.372. The van der Waals surface area contributed by atoms with Crippen molar-refractivity contribution in [3.63, 3.8) is 0 Å². The van der Waals surface area contributed by atoms with E-state index in [0.29, 0.717) is 6.54 Å². The van der Waals surface area contributed by atoms with Crippen molar-refractivity contribution < 1.29 is 4.79 Å². The van der Waals surface area contributed by atoms with Crippen LogP contribution in [0.4, 0.5) is 4.79 Å². The van der Waals surface area contributed by atoms with E-state index in [-0.39, 0.29) is 6.03 Å². The molecular weight excluding hydrogens is 166 g/mol. The fourth-order valence-electron chi connectivity index (χ4n) is 1.03. The van der Waals surface area contributed by atoms with Gasteiger partial charge < -0.3 is 5.32 Å². The summed E-state index contributed by atoms with van der Waals surface area (Å²) < 4.78 is 0. The molecule has 0 atom stereocenters. The first kappa shape index (κ1) is 9.54. The van der Waals surface area contributed by atoms with Crippen LogP contribution in [-0.2, 0) is 6.54 Å². The van der Waals surface area contributed by atoms with Crippen LogP contribution in [-0.4, -0.2) is 6.03 Å². The number of hydrogen-bond donors (Lipinski definition) is 3. The smallest absolute Gasteiger partial charge is 0.329 e. The molecule has 1 rings (SSSR count). The van der Waals surface area contributed by atoms with Crippen molar-refractivity contribution in [3.05, 3.63) is 35.4 Å². The van der Waals surface area contributed by atoms with Crippen LogP contribution in [0.15, 0.2) is 24.3 Å². The molecule has 0 aliphatic rings. The summed E-state index contributed by atoms with van der Waals surface area (Å²) in [4.78, 5) is 10.7. The highest BCUT2D eigenvalue weighted by molar-refractivity contribution is 5.73. The van der Waals surface area contributed by atoms with Crippen LogP contribution in [0.5, 0.6) is 0 Å². The van der Waals surface area contributed by atoms with E-state index < -0.39 is 0 Å². The van der Waals surface area contributed by atoms with Crippen LogP contribution in [0.2, 0.25) is 0 Å². The highest BCUT2D eigenvalue weighted by Gasteiger charge is 1.98. The van der Waals surface area contributed by atoms with Gasteiger partial charge in [0, 0.05) is 6.54 Å². The third kappa shape index (κ3) is 2.76. The largest absolute Gasteiger partial charge is 0.333 e. The maximum absolute atomic E-state index is 10.7. The van der Waals surface area contributed by atoms with Crippen LogP contribution in [0.25, 0.3) is 0 Å². The lowest BCUT2D eigenvalue weighted by Crippen LogP contribution is -2.39. The summed E-state index contributed by atoms with van der Waals surface area (Å²) in [6, 6.07) is 7.48. The maximum atomic E-state index is 10.7. The highest BCUT2D eigenvalue weighted by Crippen LogP contribution is 2.05. The van der Waals surface area contributed by atoms with Gasteiger partial charge >= 0.3 is 6.03 Å². The highest BCUT2D eigenvalue weighted by atomic mass is 16.2. The number of carbonyl (C=O) groups is 1. The maximum Gasteiger partial charge on any atom is 0.329 e. The zero-order valence-electron chi connectivity index (χ0n) is 7.50. The van der Waals surface area contributed by atoms with Crippen molar-refractivity contribution >= 4 is 6.03 Å². The zero-order valence-corrected chi connectivity index (χ0v) is 7.50. The number of aryl methyl sites for hydroxylation is 1. The Bertz CT molecular complexity index is 299. The monoisotopic (exact) mass is 179 g/mol. The molecule has 0 radical (unpaired) electrons. The average Bonchev–Trinajstić information content (AvgIpc) is 2.16. The van der Waals surface area contributed by atoms with E-state index >= 15 is 0 Å². The summed E-state index contributed by atoms with van der Waals surface area (Å²) in [5.74, 6) is 4.91. The first-order valence-corrected chi connectivity index (χ1v) is 4.03. The average molecular weight is 179 g/mol.